The Hall–Kier alpha value is -3.55. The van der Waals surface area contributed by atoms with E-state index in [9.17, 15) is 19.7 Å². The Morgan fingerprint density at radius 2 is 1.96 bits per heavy atom. The highest BCUT2D eigenvalue weighted by Crippen LogP contribution is 2.47. The summed E-state index contributed by atoms with van der Waals surface area (Å²) in [5, 5.41) is 14.0. The summed E-state index contributed by atoms with van der Waals surface area (Å²) >= 11 is 0. The van der Waals surface area contributed by atoms with Crippen LogP contribution in [-0.2, 0) is 16.8 Å². The number of carbonyl (C=O) groups excluding carboxylic acids is 1. The van der Waals surface area contributed by atoms with Gasteiger partial charge in [0.15, 0.2) is 0 Å². The van der Waals surface area contributed by atoms with Gasteiger partial charge in [-0.15, -0.1) is 0 Å². The minimum absolute atomic E-state index is 0.0237. The third kappa shape index (κ3) is 3.36. The second-order valence-corrected chi connectivity index (χ2v) is 7.06. The highest BCUT2D eigenvalue weighted by Gasteiger charge is 2.44. The first kappa shape index (κ1) is 17.8. The number of rotatable bonds is 6. The quantitative estimate of drug-likeness (QED) is 0.522. The molecule has 1 aliphatic rings. The summed E-state index contributed by atoms with van der Waals surface area (Å²) in [5.41, 5.74) is 0.866. The Balaban J connectivity index is 1.49. The molecule has 0 saturated heterocycles. The van der Waals surface area contributed by atoms with Gasteiger partial charge in [-0.3, -0.25) is 24.3 Å². The first-order valence-electron chi connectivity index (χ1n) is 8.94. The molecule has 1 saturated carbocycles. The number of nitro groups is 1. The molecule has 0 spiro atoms. The molecular formula is C20H18N4O4. The minimum atomic E-state index is -0.568. The molecule has 142 valence electrons. The summed E-state index contributed by atoms with van der Waals surface area (Å²) in [7, 11) is 0. The lowest BCUT2D eigenvalue weighted by molar-refractivity contribution is -0.384. The van der Waals surface area contributed by atoms with Gasteiger partial charge in [-0.2, -0.15) is 0 Å². The van der Waals surface area contributed by atoms with E-state index < -0.39 is 10.5 Å². The fourth-order valence-corrected chi connectivity index (χ4v) is 3.36. The number of benzene rings is 2. The molecule has 1 aromatic heterocycles. The van der Waals surface area contributed by atoms with Crippen molar-refractivity contribution in [2.45, 2.75) is 24.8 Å². The van der Waals surface area contributed by atoms with E-state index in [0.717, 1.165) is 12.8 Å². The maximum atomic E-state index is 12.6. The molecule has 1 heterocycles. The van der Waals surface area contributed by atoms with Crippen LogP contribution in [0.2, 0.25) is 0 Å². The number of non-ortho nitro benzene ring substituents is 1. The van der Waals surface area contributed by atoms with Crippen LogP contribution in [0.15, 0.2) is 59.7 Å². The van der Waals surface area contributed by atoms with Crippen molar-refractivity contribution in [1.82, 2.24) is 14.9 Å². The first-order chi connectivity index (χ1) is 13.5. The van der Waals surface area contributed by atoms with Crippen molar-refractivity contribution in [3.63, 3.8) is 0 Å². The van der Waals surface area contributed by atoms with Crippen LogP contribution in [0.1, 0.15) is 18.4 Å². The molecule has 0 aliphatic heterocycles. The van der Waals surface area contributed by atoms with Crippen LogP contribution in [0.25, 0.3) is 10.9 Å². The topological polar surface area (TPSA) is 107 Å². The standard InChI is InChI=1S/C20H18N4O4/c25-18(21-12-20(8-9-20)14-4-2-1-3-5-14)11-23-13-22-17-7-6-15(24(27)28)10-16(17)19(23)26/h1-7,10,13H,8-9,11-12H2,(H,21,25). The van der Waals surface area contributed by atoms with Crippen molar-refractivity contribution in [1.29, 1.82) is 0 Å². The molecule has 1 fully saturated rings. The van der Waals surface area contributed by atoms with Crippen molar-refractivity contribution in [2.75, 3.05) is 6.54 Å². The van der Waals surface area contributed by atoms with E-state index >= 15 is 0 Å². The van der Waals surface area contributed by atoms with Gasteiger partial charge in [0.2, 0.25) is 5.91 Å². The maximum absolute atomic E-state index is 12.6. The van der Waals surface area contributed by atoms with Gasteiger partial charge in [-0.05, 0) is 24.5 Å². The lowest BCUT2D eigenvalue weighted by Gasteiger charge is -2.17. The zero-order valence-corrected chi connectivity index (χ0v) is 15.0. The number of hydrogen-bond acceptors (Lipinski definition) is 5. The number of hydrogen-bond donors (Lipinski definition) is 1. The van der Waals surface area contributed by atoms with Crippen LogP contribution in [-0.4, -0.2) is 26.9 Å². The summed E-state index contributed by atoms with van der Waals surface area (Å²) in [5.74, 6) is -0.295. The third-order valence-corrected chi connectivity index (χ3v) is 5.20. The Bertz CT molecular complexity index is 1120. The second kappa shape index (κ2) is 6.88. The molecular weight excluding hydrogens is 360 g/mol. The molecule has 3 aromatic rings. The maximum Gasteiger partial charge on any atom is 0.270 e. The van der Waals surface area contributed by atoms with Crippen molar-refractivity contribution in [3.8, 4) is 0 Å². The van der Waals surface area contributed by atoms with Gasteiger partial charge >= 0.3 is 0 Å². The number of nitro benzene ring substituents is 1. The fraction of sp³-hybridized carbons (Fsp3) is 0.250. The van der Waals surface area contributed by atoms with Gasteiger partial charge in [0.1, 0.15) is 6.54 Å². The Morgan fingerprint density at radius 3 is 2.64 bits per heavy atom. The van der Waals surface area contributed by atoms with Crippen molar-refractivity contribution in [2.24, 2.45) is 0 Å². The molecule has 1 amide bonds. The summed E-state index contributed by atoms with van der Waals surface area (Å²) in [6.45, 7) is 0.326. The van der Waals surface area contributed by atoms with E-state index in [-0.39, 0.29) is 28.9 Å². The van der Waals surface area contributed by atoms with Crippen LogP contribution >= 0.6 is 0 Å². The molecule has 0 atom stereocenters. The van der Waals surface area contributed by atoms with E-state index in [2.05, 4.69) is 22.4 Å². The summed E-state index contributed by atoms with van der Waals surface area (Å²) in [6.07, 6.45) is 3.32. The predicted octanol–water partition coefficient (Wildman–Crippen LogP) is 2.15. The van der Waals surface area contributed by atoms with Gasteiger partial charge in [-0.1, -0.05) is 30.3 Å². The monoisotopic (exact) mass is 378 g/mol. The normalized spacial score (nSPS) is 14.6. The SMILES string of the molecule is O=C(Cn1cnc2ccc([N+](=O)[O-])cc2c1=O)NCC1(c2ccccc2)CC1. The highest BCUT2D eigenvalue weighted by molar-refractivity contribution is 5.81. The first-order valence-corrected chi connectivity index (χ1v) is 8.94. The van der Waals surface area contributed by atoms with Crippen LogP contribution < -0.4 is 10.9 Å². The second-order valence-electron chi connectivity index (χ2n) is 7.06. The molecule has 1 N–H and O–H groups in total. The molecule has 1 aliphatic carbocycles. The fourth-order valence-electron chi connectivity index (χ4n) is 3.36. The van der Waals surface area contributed by atoms with E-state index in [4.69, 9.17) is 0 Å². The third-order valence-electron chi connectivity index (χ3n) is 5.20. The van der Waals surface area contributed by atoms with Crippen molar-refractivity contribution >= 4 is 22.5 Å². The van der Waals surface area contributed by atoms with Gasteiger partial charge < -0.3 is 5.32 Å². The zero-order chi connectivity index (χ0) is 19.7. The molecule has 8 nitrogen and oxygen atoms in total. The number of fused-ring (bicyclic) bond motifs is 1. The molecule has 8 heteroatoms. The smallest absolute Gasteiger partial charge is 0.270 e. The number of carbonyl (C=O) groups is 1. The summed E-state index contributed by atoms with van der Waals surface area (Å²) in [6, 6.07) is 14.0. The lowest BCUT2D eigenvalue weighted by Crippen LogP contribution is -2.36. The highest BCUT2D eigenvalue weighted by atomic mass is 16.6. The van der Waals surface area contributed by atoms with Gasteiger partial charge in [0.05, 0.1) is 22.2 Å². The number of aromatic nitrogens is 2. The zero-order valence-electron chi connectivity index (χ0n) is 15.0. The van der Waals surface area contributed by atoms with Crippen LogP contribution in [0, 0.1) is 10.1 Å². The largest absolute Gasteiger partial charge is 0.354 e. The molecule has 0 bridgehead atoms. The summed E-state index contributed by atoms with van der Waals surface area (Å²) in [4.78, 5) is 39.5. The Kier molecular flexibility index (Phi) is 4.38. The number of nitrogens with zero attached hydrogens (tertiary/aromatic N) is 3. The molecule has 4 rings (SSSR count). The van der Waals surface area contributed by atoms with E-state index in [1.807, 2.05) is 18.2 Å². The lowest BCUT2D eigenvalue weighted by atomic mass is 9.96. The predicted molar refractivity (Wildman–Crippen MR) is 103 cm³/mol. The molecule has 28 heavy (non-hydrogen) atoms. The van der Waals surface area contributed by atoms with Crippen LogP contribution in [0.3, 0.4) is 0 Å². The van der Waals surface area contributed by atoms with Crippen molar-refractivity contribution < 1.29 is 9.72 Å². The molecule has 2 aromatic carbocycles. The van der Waals surface area contributed by atoms with E-state index in [1.165, 1.54) is 34.7 Å². The average molecular weight is 378 g/mol. The van der Waals surface area contributed by atoms with Crippen LogP contribution in [0.4, 0.5) is 5.69 Å². The van der Waals surface area contributed by atoms with E-state index in [0.29, 0.717) is 12.1 Å². The summed E-state index contributed by atoms with van der Waals surface area (Å²) < 4.78 is 1.17. The van der Waals surface area contributed by atoms with Crippen molar-refractivity contribution in [3.05, 3.63) is 80.9 Å². The Morgan fingerprint density at radius 1 is 1.21 bits per heavy atom. The Labute approximate surface area is 160 Å². The average Bonchev–Trinajstić information content (AvgIpc) is 3.50. The van der Waals surface area contributed by atoms with Gasteiger partial charge in [0.25, 0.3) is 11.2 Å². The molecule has 0 radical (unpaired) electrons. The van der Waals surface area contributed by atoms with Gasteiger partial charge in [-0.25, -0.2) is 4.98 Å². The van der Waals surface area contributed by atoms with Crippen LogP contribution in [0.5, 0.6) is 0 Å². The minimum Gasteiger partial charge on any atom is -0.354 e. The van der Waals surface area contributed by atoms with Gasteiger partial charge in [0, 0.05) is 24.1 Å². The van der Waals surface area contributed by atoms with E-state index in [1.54, 1.807) is 0 Å². The molecule has 0 unspecified atom stereocenters. The number of nitrogens with one attached hydrogen (secondary N) is 1. The number of amides is 1.